The second kappa shape index (κ2) is 8.12. The fourth-order valence-corrected chi connectivity index (χ4v) is 5.53. The Labute approximate surface area is 198 Å². The van der Waals surface area contributed by atoms with Gasteiger partial charge in [0.1, 0.15) is 11.9 Å². The molecule has 1 atom stereocenters. The van der Waals surface area contributed by atoms with Crippen molar-refractivity contribution < 1.29 is 4.79 Å². The van der Waals surface area contributed by atoms with Crippen LogP contribution in [0.25, 0.3) is 5.57 Å². The van der Waals surface area contributed by atoms with Gasteiger partial charge in [0.2, 0.25) is 5.95 Å². The molecule has 1 amide bonds. The molecule has 1 saturated heterocycles. The number of nitrogens with one attached hydrogen (secondary N) is 2. The highest BCUT2D eigenvalue weighted by Gasteiger charge is 2.45. The number of carbonyl (C=O) groups excluding carboxylic acids is 1. The van der Waals surface area contributed by atoms with Crippen LogP contribution < -0.4 is 20.4 Å². The first-order valence-corrected chi connectivity index (χ1v) is 12.0. The molecule has 10 heteroatoms. The van der Waals surface area contributed by atoms with Crippen LogP contribution in [0, 0.1) is 0 Å². The summed E-state index contributed by atoms with van der Waals surface area (Å²) in [6, 6.07) is 3.78. The molecule has 34 heavy (non-hydrogen) atoms. The Balaban J connectivity index is 1.25. The Bertz CT molecular complexity index is 1170. The lowest BCUT2D eigenvalue weighted by molar-refractivity contribution is -0.118. The van der Waals surface area contributed by atoms with E-state index in [1.807, 2.05) is 18.2 Å². The molecule has 0 bridgehead atoms. The largest absolute Gasteiger partial charge is 0.352 e. The zero-order valence-electron chi connectivity index (χ0n) is 19.5. The molecule has 10 nitrogen and oxygen atoms in total. The first kappa shape index (κ1) is 21.2. The Morgan fingerprint density at radius 2 is 2.03 bits per heavy atom. The Hall–Kier alpha value is -3.40. The second-order valence-electron chi connectivity index (χ2n) is 10.1. The molecule has 1 saturated carbocycles. The Morgan fingerprint density at radius 3 is 2.79 bits per heavy atom. The van der Waals surface area contributed by atoms with Gasteiger partial charge in [0.05, 0.1) is 0 Å². The van der Waals surface area contributed by atoms with Gasteiger partial charge >= 0.3 is 0 Å². The van der Waals surface area contributed by atoms with Crippen LogP contribution in [0.5, 0.6) is 0 Å². The van der Waals surface area contributed by atoms with Crippen molar-refractivity contribution in [2.45, 2.75) is 57.2 Å². The summed E-state index contributed by atoms with van der Waals surface area (Å²) >= 11 is 0. The Morgan fingerprint density at radius 1 is 1.18 bits per heavy atom. The number of amides is 1. The number of anilines is 4. The molecule has 3 aliphatic heterocycles. The number of hydrogen-bond donors (Lipinski definition) is 2. The van der Waals surface area contributed by atoms with Crippen molar-refractivity contribution in [2.75, 3.05) is 34.8 Å². The fourth-order valence-electron chi connectivity index (χ4n) is 5.53. The first-order chi connectivity index (χ1) is 16.5. The van der Waals surface area contributed by atoms with Gasteiger partial charge in [0, 0.05) is 49.2 Å². The quantitative estimate of drug-likeness (QED) is 0.711. The van der Waals surface area contributed by atoms with E-state index in [1.54, 1.807) is 12.4 Å². The minimum absolute atomic E-state index is 0.0410. The molecule has 176 valence electrons. The maximum absolute atomic E-state index is 12.7. The molecule has 0 spiro atoms. The van der Waals surface area contributed by atoms with Crippen molar-refractivity contribution in [3.8, 4) is 0 Å². The summed E-state index contributed by atoms with van der Waals surface area (Å²) in [6.45, 7) is 7.07. The molecule has 1 unspecified atom stereocenters. The van der Waals surface area contributed by atoms with Crippen LogP contribution >= 0.6 is 0 Å². The third-order valence-electron chi connectivity index (χ3n) is 7.09. The normalized spacial score (nSPS) is 23.6. The molecule has 2 N–H and O–H groups in total. The number of allylic oxidation sites excluding steroid dienone is 1. The number of fused-ring (bicyclic) bond motifs is 3. The third-order valence-corrected chi connectivity index (χ3v) is 7.09. The predicted molar refractivity (Wildman–Crippen MR) is 132 cm³/mol. The first-order valence-electron chi connectivity index (χ1n) is 12.0. The van der Waals surface area contributed by atoms with Crippen molar-refractivity contribution in [1.82, 2.24) is 25.5 Å². The van der Waals surface area contributed by atoms with Gasteiger partial charge in [-0.05, 0) is 50.5 Å². The number of carbonyl (C=O) groups is 1. The van der Waals surface area contributed by atoms with E-state index in [-0.39, 0.29) is 17.5 Å². The molecular weight excluding hydrogens is 430 g/mol. The molecular formula is C24H29N9O. The van der Waals surface area contributed by atoms with Gasteiger partial charge in [-0.3, -0.25) is 4.79 Å². The number of nitrogens with zero attached hydrogens (tertiary/aromatic N) is 7. The standard InChI is InChI=1S/C24H29N9O/c1-24(2)14-32(12-11-27-24)19-8-7-18(30-31-19)28-23-26-13-17-16-9-10-25-22(34)20(16)33(21(17)29-23)15-5-3-4-6-15/h7-10,13,15,20,27H,3-6,11-12,14H2,1-2H3,(H,26,28,29,30). The van der Waals surface area contributed by atoms with E-state index in [2.05, 4.69) is 54.5 Å². The smallest absolute Gasteiger partial charge is 0.273 e. The van der Waals surface area contributed by atoms with E-state index < -0.39 is 6.04 Å². The summed E-state index contributed by atoms with van der Waals surface area (Å²) in [4.78, 5) is 30.5. The van der Waals surface area contributed by atoms with Gasteiger partial charge in [-0.15, -0.1) is 10.2 Å². The summed E-state index contributed by atoms with van der Waals surface area (Å²) in [5.41, 5.74) is 1.89. The van der Waals surface area contributed by atoms with Crippen molar-refractivity contribution >= 4 is 41.1 Å². The van der Waals surface area contributed by atoms with Gasteiger partial charge < -0.3 is 20.4 Å². The highest BCUT2D eigenvalue weighted by molar-refractivity contribution is 6.13. The third kappa shape index (κ3) is 3.71. The molecule has 1 aliphatic carbocycles. The molecule has 4 aliphatic rings. The summed E-state index contributed by atoms with van der Waals surface area (Å²) in [7, 11) is 0. The van der Waals surface area contributed by atoms with E-state index in [0.29, 0.717) is 11.8 Å². The lowest BCUT2D eigenvalue weighted by atomic mass is 10.0. The van der Waals surface area contributed by atoms with Crippen LogP contribution in [-0.2, 0) is 4.79 Å². The highest BCUT2D eigenvalue weighted by Crippen LogP contribution is 2.44. The molecule has 2 fully saturated rings. The average Bonchev–Trinajstić information content (AvgIpc) is 3.45. The van der Waals surface area contributed by atoms with E-state index in [4.69, 9.17) is 4.98 Å². The number of piperazine rings is 1. The van der Waals surface area contributed by atoms with E-state index in [1.165, 1.54) is 12.8 Å². The van der Waals surface area contributed by atoms with Crippen LogP contribution in [0.1, 0.15) is 45.1 Å². The molecule has 2 aromatic rings. The zero-order valence-corrected chi connectivity index (χ0v) is 19.5. The second-order valence-corrected chi connectivity index (χ2v) is 10.1. The van der Waals surface area contributed by atoms with Gasteiger partial charge in [-0.2, -0.15) is 4.98 Å². The number of dihydropyridines is 1. The number of aliphatic imine (C=N–C) groups is 1. The summed E-state index contributed by atoms with van der Waals surface area (Å²) in [5, 5.41) is 15.5. The molecule has 5 heterocycles. The minimum atomic E-state index is -0.394. The maximum Gasteiger partial charge on any atom is 0.273 e. The Kier molecular flexibility index (Phi) is 5.05. The molecule has 2 aromatic heterocycles. The topological polar surface area (TPSA) is 112 Å². The van der Waals surface area contributed by atoms with Crippen molar-refractivity contribution in [3.05, 3.63) is 30.0 Å². The van der Waals surface area contributed by atoms with Crippen molar-refractivity contribution in [1.29, 1.82) is 0 Å². The van der Waals surface area contributed by atoms with Crippen molar-refractivity contribution in [3.63, 3.8) is 0 Å². The van der Waals surface area contributed by atoms with Crippen LogP contribution in [0.3, 0.4) is 0 Å². The summed E-state index contributed by atoms with van der Waals surface area (Å²) in [5.74, 6) is 2.55. The average molecular weight is 460 g/mol. The summed E-state index contributed by atoms with van der Waals surface area (Å²) < 4.78 is 0. The van der Waals surface area contributed by atoms with Crippen LogP contribution in [-0.4, -0.2) is 69.5 Å². The number of hydrogen-bond acceptors (Lipinski definition) is 9. The highest BCUT2D eigenvalue weighted by atomic mass is 16.1. The fraction of sp³-hybridized carbons (Fsp3) is 0.500. The van der Waals surface area contributed by atoms with E-state index >= 15 is 0 Å². The SMILES string of the molecule is CC1(C)CN(c2ccc(Nc3ncc4c(n3)N(C3CCCC3)C3C(=O)N=CC=C43)nn2)CCN1. The van der Waals surface area contributed by atoms with Crippen molar-refractivity contribution in [2.24, 2.45) is 4.99 Å². The zero-order chi connectivity index (χ0) is 23.3. The lowest BCUT2D eigenvalue weighted by Crippen LogP contribution is -2.57. The lowest BCUT2D eigenvalue weighted by Gasteiger charge is -2.39. The van der Waals surface area contributed by atoms with Gasteiger partial charge in [0.15, 0.2) is 11.6 Å². The van der Waals surface area contributed by atoms with Crippen LogP contribution in [0.4, 0.5) is 23.4 Å². The summed E-state index contributed by atoms with van der Waals surface area (Å²) in [6.07, 6.45) is 9.75. The predicted octanol–water partition coefficient (Wildman–Crippen LogP) is 2.32. The minimum Gasteiger partial charge on any atom is -0.352 e. The monoisotopic (exact) mass is 459 g/mol. The number of rotatable bonds is 4. The van der Waals surface area contributed by atoms with E-state index in [9.17, 15) is 4.79 Å². The van der Waals surface area contributed by atoms with Crippen LogP contribution in [0.2, 0.25) is 0 Å². The van der Waals surface area contributed by atoms with Gasteiger partial charge in [-0.25, -0.2) is 9.98 Å². The van der Waals surface area contributed by atoms with Crippen LogP contribution in [0.15, 0.2) is 29.4 Å². The molecule has 0 radical (unpaired) electrons. The van der Waals surface area contributed by atoms with E-state index in [0.717, 1.165) is 55.2 Å². The van der Waals surface area contributed by atoms with Gasteiger partial charge in [-0.1, -0.05) is 12.8 Å². The molecule has 0 aromatic carbocycles. The number of aromatic nitrogens is 4. The molecule has 6 rings (SSSR count). The van der Waals surface area contributed by atoms with Gasteiger partial charge in [0.25, 0.3) is 5.91 Å². The maximum atomic E-state index is 12.7.